The summed E-state index contributed by atoms with van der Waals surface area (Å²) in [6.07, 6.45) is -4.25. The van der Waals surface area contributed by atoms with Crippen LogP contribution in [0.4, 0.5) is 13.2 Å². The maximum absolute atomic E-state index is 12.6. The third-order valence-electron chi connectivity index (χ3n) is 3.09. The molecule has 0 spiro atoms. The lowest BCUT2D eigenvalue weighted by Gasteiger charge is -2.19. The van der Waals surface area contributed by atoms with Gasteiger partial charge >= 0.3 is 6.18 Å². The SMILES string of the molecule is CC(C)(C)c1nn(CC(CC(F)(F)F)C(C#N)C#N)cc1Cl. The molecule has 0 aromatic carbocycles. The summed E-state index contributed by atoms with van der Waals surface area (Å²) in [6, 6.07) is 3.22. The van der Waals surface area contributed by atoms with E-state index >= 15 is 0 Å². The maximum Gasteiger partial charge on any atom is 0.389 e. The van der Waals surface area contributed by atoms with Gasteiger partial charge in [-0.1, -0.05) is 32.4 Å². The third-order valence-corrected chi connectivity index (χ3v) is 3.37. The molecule has 1 rings (SSSR count). The molecule has 1 heterocycles. The van der Waals surface area contributed by atoms with Crippen LogP contribution in [0.15, 0.2) is 6.20 Å². The van der Waals surface area contributed by atoms with E-state index in [0.717, 1.165) is 0 Å². The van der Waals surface area contributed by atoms with Gasteiger partial charge in [0.25, 0.3) is 0 Å². The molecular formula is C14H16ClF3N4. The highest BCUT2D eigenvalue weighted by molar-refractivity contribution is 6.31. The largest absolute Gasteiger partial charge is 0.389 e. The first-order chi connectivity index (χ1) is 9.97. The summed E-state index contributed by atoms with van der Waals surface area (Å²) in [6.45, 7) is 5.45. The number of halogens is 4. The Bertz CT molecular complexity index is 588. The monoisotopic (exact) mass is 332 g/mol. The summed E-state index contributed by atoms with van der Waals surface area (Å²) < 4.78 is 39.2. The zero-order chi connectivity index (χ0) is 17.1. The fourth-order valence-corrected chi connectivity index (χ4v) is 2.50. The van der Waals surface area contributed by atoms with Crippen LogP contribution in [0.5, 0.6) is 0 Å². The smallest absolute Gasteiger partial charge is 0.271 e. The fourth-order valence-electron chi connectivity index (χ4n) is 2.06. The van der Waals surface area contributed by atoms with E-state index in [-0.39, 0.29) is 12.0 Å². The first-order valence-corrected chi connectivity index (χ1v) is 6.95. The topological polar surface area (TPSA) is 65.4 Å². The molecule has 1 atom stereocenters. The summed E-state index contributed by atoms with van der Waals surface area (Å²) in [5.41, 5.74) is 0.205. The number of hydrogen-bond acceptors (Lipinski definition) is 3. The Morgan fingerprint density at radius 2 is 1.82 bits per heavy atom. The van der Waals surface area contributed by atoms with Gasteiger partial charge in [-0.2, -0.15) is 28.8 Å². The van der Waals surface area contributed by atoms with Crippen LogP contribution in [0, 0.1) is 34.5 Å². The van der Waals surface area contributed by atoms with E-state index in [0.29, 0.717) is 10.7 Å². The van der Waals surface area contributed by atoms with Crippen LogP contribution < -0.4 is 0 Å². The van der Waals surface area contributed by atoms with E-state index < -0.39 is 24.4 Å². The van der Waals surface area contributed by atoms with Crippen LogP contribution in [0.1, 0.15) is 32.9 Å². The van der Waals surface area contributed by atoms with Crippen molar-refractivity contribution in [3.63, 3.8) is 0 Å². The van der Waals surface area contributed by atoms with E-state index in [1.54, 1.807) is 12.1 Å². The van der Waals surface area contributed by atoms with Gasteiger partial charge in [-0.3, -0.25) is 4.68 Å². The molecule has 1 aromatic rings. The zero-order valence-electron chi connectivity index (χ0n) is 12.4. The molecular weight excluding hydrogens is 317 g/mol. The lowest BCUT2D eigenvalue weighted by Crippen LogP contribution is -2.25. The number of aromatic nitrogens is 2. The van der Waals surface area contributed by atoms with Gasteiger partial charge in [0.1, 0.15) is 5.92 Å². The standard InChI is InChI=1S/C14H16ClF3N4/c1-13(2,3)12-11(15)8-22(21-12)7-9(4-14(16,17)18)10(5-19)6-20/h8-10H,4,7H2,1-3H3. The molecule has 0 aliphatic carbocycles. The van der Waals surface area contributed by atoms with E-state index in [4.69, 9.17) is 22.1 Å². The first kappa shape index (κ1) is 18.3. The van der Waals surface area contributed by atoms with E-state index in [9.17, 15) is 13.2 Å². The predicted octanol–water partition coefficient (Wildman–Crippen LogP) is 4.07. The molecule has 0 radical (unpaired) electrons. The molecule has 120 valence electrons. The Labute approximate surface area is 132 Å². The van der Waals surface area contributed by atoms with Crippen LogP contribution in [0.25, 0.3) is 0 Å². The minimum absolute atomic E-state index is 0.193. The summed E-state index contributed by atoms with van der Waals surface area (Å²) >= 11 is 6.06. The van der Waals surface area contributed by atoms with Crippen LogP contribution >= 0.6 is 11.6 Å². The van der Waals surface area contributed by atoms with Crippen LogP contribution in [-0.4, -0.2) is 16.0 Å². The molecule has 4 nitrogen and oxygen atoms in total. The first-order valence-electron chi connectivity index (χ1n) is 6.57. The Hall–Kier alpha value is -1.73. The van der Waals surface area contributed by atoms with Crippen molar-refractivity contribution in [3.8, 4) is 12.1 Å². The number of nitriles is 2. The molecule has 0 amide bonds. The fraction of sp³-hybridized carbons (Fsp3) is 0.643. The molecule has 0 N–H and O–H groups in total. The van der Waals surface area contributed by atoms with Gasteiger partial charge in [0.15, 0.2) is 0 Å². The molecule has 0 saturated heterocycles. The number of hydrogen-bond donors (Lipinski definition) is 0. The normalized spacial score (nSPS) is 13.7. The van der Waals surface area contributed by atoms with Crippen molar-refractivity contribution < 1.29 is 13.2 Å². The number of alkyl halides is 3. The van der Waals surface area contributed by atoms with Crippen LogP contribution in [0.2, 0.25) is 5.02 Å². The van der Waals surface area contributed by atoms with E-state index in [1.807, 2.05) is 20.8 Å². The molecule has 1 unspecified atom stereocenters. The van der Waals surface area contributed by atoms with Gasteiger partial charge in [-0.05, 0) is 0 Å². The Morgan fingerprint density at radius 1 is 1.27 bits per heavy atom. The van der Waals surface area contributed by atoms with Crippen molar-refractivity contribution in [1.29, 1.82) is 10.5 Å². The van der Waals surface area contributed by atoms with Gasteiger partial charge in [-0.25, -0.2) is 0 Å². The van der Waals surface area contributed by atoms with Crippen molar-refractivity contribution in [2.75, 3.05) is 0 Å². The average Bonchev–Trinajstić information content (AvgIpc) is 2.69. The number of nitrogens with zero attached hydrogens (tertiary/aromatic N) is 4. The molecule has 0 aliphatic rings. The van der Waals surface area contributed by atoms with Crippen molar-refractivity contribution in [2.24, 2.45) is 11.8 Å². The minimum atomic E-state index is -4.46. The maximum atomic E-state index is 12.6. The number of rotatable bonds is 4. The second-order valence-corrected chi connectivity index (χ2v) is 6.52. The molecule has 22 heavy (non-hydrogen) atoms. The summed E-state index contributed by atoms with van der Waals surface area (Å²) in [7, 11) is 0. The van der Waals surface area contributed by atoms with Gasteiger partial charge in [0, 0.05) is 24.1 Å². The molecule has 0 bridgehead atoms. The average molecular weight is 333 g/mol. The molecule has 0 aliphatic heterocycles. The van der Waals surface area contributed by atoms with Gasteiger partial charge < -0.3 is 0 Å². The summed E-state index contributed by atoms with van der Waals surface area (Å²) in [5, 5.41) is 22.3. The quantitative estimate of drug-likeness (QED) is 0.834. The van der Waals surface area contributed by atoms with Gasteiger partial charge in [0.05, 0.1) is 29.3 Å². The van der Waals surface area contributed by atoms with E-state index in [2.05, 4.69) is 5.10 Å². The van der Waals surface area contributed by atoms with Crippen molar-refractivity contribution in [1.82, 2.24) is 9.78 Å². The summed E-state index contributed by atoms with van der Waals surface area (Å²) in [4.78, 5) is 0. The second-order valence-electron chi connectivity index (χ2n) is 6.11. The van der Waals surface area contributed by atoms with E-state index in [1.165, 1.54) is 10.9 Å². The highest BCUT2D eigenvalue weighted by Crippen LogP contribution is 2.32. The molecule has 8 heteroatoms. The molecule has 0 fully saturated rings. The lowest BCUT2D eigenvalue weighted by atomic mass is 9.91. The Balaban J connectivity index is 3.06. The van der Waals surface area contributed by atoms with Gasteiger partial charge in [-0.15, -0.1) is 0 Å². The van der Waals surface area contributed by atoms with Crippen LogP contribution in [-0.2, 0) is 12.0 Å². The molecule has 1 aromatic heterocycles. The summed E-state index contributed by atoms with van der Waals surface area (Å²) in [5.74, 6) is -2.55. The van der Waals surface area contributed by atoms with Crippen molar-refractivity contribution in [3.05, 3.63) is 16.9 Å². The third kappa shape index (κ3) is 4.92. The second kappa shape index (κ2) is 6.58. The zero-order valence-corrected chi connectivity index (χ0v) is 13.2. The Morgan fingerprint density at radius 3 is 2.18 bits per heavy atom. The van der Waals surface area contributed by atoms with Crippen LogP contribution in [0.3, 0.4) is 0 Å². The van der Waals surface area contributed by atoms with Crippen molar-refractivity contribution in [2.45, 2.75) is 45.3 Å². The predicted molar refractivity (Wildman–Crippen MR) is 74.8 cm³/mol. The molecule has 0 saturated carbocycles. The lowest BCUT2D eigenvalue weighted by molar-refractivity contribution is -0.147. The highest BCUT2D eigenvalue weighted by Gasteiger charge is 2.36. The highest BCUT2D eigenvalue weighted by atomic mass is 35.5. The van der Waals surface area contributed by atoms with Gasteiger partial charge in [0.2, 0.25) is 0 Å². The Kier molecular flexibility index (Phi) is 5.48. The minimum Gasteiger partial charge on any atom is -0.271 e. The van der Waals surface area contributed by atoms with Crippen molar-refractivity contribution >= 4 is 11.6 Å².